The van der Waals surface area contributed by atoms with Gasteiger partial charge in [-0.15, -0.1) is 0 Å². The van der Waals surface area contributed by atoms with E-state index in [1.165, 1.54) is 0 Å². The van der Waals surface area contributed by atoms with E-state index in [2.05, 4.69) is 42.2 Å². The molecule has 2 N–H and O–H groups in total. The summed E-state index contributed by atoms with van der Waals surface area (Å²) in [7, 11) is 0. The van der Waals surface area contributed by atoms with Crippen LogP contribution in [0.4, 0.5) is 11.4 Å². The van der Waals surface area contributed by atoms with E-state index in [9.17, 15) is 4.79 Å². The summed E-state index contributed by atoms with van der Waals surface area (Å²) in [6.07, 6.45) is 5.61. The average Bonchev–Trinajstić information content (AvgIpc) is 3.50. The lowest BCUT2D eigenvalue weighted by molar-refractivity contribution is -0.118. The fourth-order valence-electron chi connectivity index (χ4n) is 4.49. The molecule has 4 aromatic rings. The second-order valence-corrected chi connectivity index (χ2v) is 9.52. The molecule has 0 unspecified atom stereocenters. The standard InChI is InChI=1S/C28H28N6OS/c1-18(2)27(35)31-21-13-12-20(17-19(21)3)34-26(25(32-28(34)36)22-9-4-6-14-29-22)23-10-8-16-33(23)24-11-5-7-15-30-24/h4-18,25-26H,1-3H3,(H,31,35)(H,32,36)/t25-,26+/m0/s1. The van der Waals surface area contributed by atoms with Gasteiger partial charge in [0, 0.05) is 41.6 Å². The van der Waals surface area contributed by atoms with Crippen LogP contribution in [0.1, 0.15) is 42.9 Å². The highest BCUT2D eigenvalue weighted by atomic mass is 32.1. The summed E-state index contributed by atoms with van der Waals surface area (Å²) in [5.41, 5.74) is 4.63. The second-order valence-electron chi connectivity index (χ2n) is 9.13. The molecular formula is C28H28N6OS. The van der Waals surface area contributed by atoms with E-state index in [0.29, 0.717) is 5.11 Å². The minimum Gasteiger partial charge on any atom is -0.351 e. The van der Waals surface area contributed by atoms with Crippen molar-refractivity contribution in [1.29, 1.82) is 0 Å². The number of anilines is 2. The number of thiocarbonyl (C=S) groups is 1. The number of amides is 1. The van der Waals surface area contributed by atoms with Gasteiger partial charge >= 0.3 is 0 Å². The molecule has 5 rings (SSSR count). The van der Waals surface area contributed by atoms with E-state index in [4.69, 9.17) is 12.2 Å². The highest BCUT2D eigenvalue weighted by molar-refractivity contribution is 7.80. The van der Waals surface area contributed by atoms with Crippen molar-refractivity contribution >= 4 is 34.6 Å². The van der Waals surface area contributed by atoms with Crippen LogP contribution in [0.15, 0.2) is 85.3 Å². The molecule has 7 nitrogen and oxygen atoms in total. The first-order valence-electron chi connectivity index (χ1n) is 11.9. The Bertz CT molecular complexity index is 1390. The summed E-state index contributed by atoms with van der Waals surface area (Å²) in [5, 5.41) is 7.14. The highest BCUT2D eigenvalue weighted by Crippen LogP contribution is 2.42. The predicted molar refractivity (Wildman–Crippen MR) is 146 cm³/mol. The first kappa shape index (κ1) is 23.7. The number of hydrogen-bond acceptors (Lipinski definition) is 4. The molecule has 1 saturated heterocycles. The smallest absolute Gasteiger partial charge is 0.226 e. The van der Waals surface area contributed by atoms with Crippen LogP contribution < -0.4 is 15.5 Å². The van der Waals surface area contributed by atoms with E-state index in [0.717, 1.165) is 34.1 Å². The Morgan fingerprint density at radius 2 is 1.81 bits per heavy atom. The van der Waals surface area contributed by atoms with Crippen LogP contribution in [-0.4, -0.2) is 25.6 Å². The normalized spacial score (nSPS) is 17.3. The van der Waals surface area contributed by atoms with Crippen molar-refractivity contribution in [2.75, 3.05) is 10.2 Å². The zero-order chi connectivity index (χ0) is 25.2. The van der Waals surface area contributed by atoms with Crippen LogP contribution in [0.5, 0.6) is 0 Å². The van der Waals surface area contributed by atoms with Crippen molar-refractivity contribution < 1.29 is 4.79 Å². The van der Waals surface area contributed by atoms with Crippen molar-refractivity contribution in [3.8, 4) is 5.82 Å². The van der Waals surface area contributed by atoms with Crippen molar-refractivity contribution in [3.63, 3.8) is 0 Å². The molecule has 182 valence electrons. The van der Waals surface area contributed by atoms with Crippen LogP contribution in [0.25, 0.3) is 5.82 Å². The van der Waals surface area contributed by atoms with Crippen LogP contribution in [0.3, 0.4) is 0 Å². The Morgan fingerprint density at radius 1 is 1.03 bits per heavy atom. The number of aromatic nitrogens is 3. The number of aryl methyl sites for hydroxylation is 1. The fourth-order valence-corrected chi connectivity index (χ4v) is 4.83. The Kier molecular flexibility index (Phi) is 6.52. The van der Waals surface area contributed by atoms with Gasteiger partial charge in [0.25, 0.3) is 0 Å². The summed E-state index contributed by atoms with van der Waals surface area (Å²) in [6, 6.07) is 21.6. The molecule has 1 aromatic carbocycles. The molecule has 2 atom stereocenters. The van der Waals surface area contributed by atoms with E-state index >= 15 is 0 Å². The van der Waals surface area contributed by atoms with Gasteiger partial charge in [-0.3, -0.25) is 9.78 Å². The molecule has 4 heterocycles. The maximum absolute atomic E-state index is 12.3. The first-order valence-corrected chi connectivity index (χ1v) is 12.4. The van der Waals surface area contributed by atoms with E-state index in [-0.39, 0.29) is 23.9 Å². The van der Waals surface area contributed by atoms with Gasteiger partial charge in [0.2, 0.25) is 5.91 Å². The number of pyridine rings is 2. The van der Waals surface area contributed by atoms with Crippen molar-refractivity contribution in [1.82, 2.24) is 19.9 Å². The molecule has 8 heteroatoms. The second kappa shape index (κ2) is 9.91. The predicted octanol–water partition coefficient (Wildman–Crippen LogP) is 5.35. The number of hydrogen-bond donors (Lipinski definition) is 2. The number of nitrogens with one attached hydrogen (secondary N) is 2. The molecule has 1 fully saturated rings. The van der Waals surface area contributed by atoms with Gasteiger partial charge in [-0.25, -0.2) is 4.98 Å². The zero-order valence-electron chi connectivity index (χ0n) is 20.4. The fraction of sp³-hybridized carbons (Fsp3) is 0.214. The third-order valence-electron chi connectivity index (χ3n) is 6.35. The topological polar surface area (TPSA) is 75.1 Å². The van der Waals surface area contributed by atoms with E-state index in [1.54, 1.807) is 12.4 Å². The third kappa shape index (κ3) is 4.47. The van der Waals surface area contributed by atoms with Gasteiger partial charge < -0.3 is 20.1 Å². The molecule has 1 amide bonds. The van der Waals surface area contributed by atoms with Crippen LogP contribution >= 0.6 is 12.2 Å². The summed E-state index contributed by atoms with van der Waals surface area (Å²) in [6.45, 7) is 5.76. The van der Waals surface area contributed by atoms with Gasteiger partial charge in [0.15, 0.2) is 5.11 Å². The number of carbonyl (C=O) groups is 1. The molecular weight excluding hydrogens is 468 g/mol. The third-order valence-corrected chi connectivity index (χ3v) is 6.66. The average molecular weight is 497 g/mol. The van der Waals surface area contributed by atoms with Crippen LogP contribution in [0.2, 0.25) is 0 Å². The lowest BCUT2D eigenvalue weighted by Crippen LogP contribution is -2.30. The van der Waals surface area contributed by atoms with E-state index in [1.807, 2.05) is 81.6 Å². The first-order chi connectivity index (χ1) is 17.4. The minimum absolute atomic E-state index is 0.00880. The molecule has 1 aliphatic rings. The van der Waals surface area contributed by atoms with Gasteiger partial charge in [-0.1, -0.05) is 26.0 Å². The highest BCUT2D eigenvalue weighted by Gasteiger charge is 2.42. The Hall–Kier alpha value is -4.04. The molecule has 0 saturated carbocycles. The van der Waals surface area contributed by atoms with Crippen molar-refractivity contribution in [2.45, 2.75) is 32.9 Å². The molecule has 0 aliphatic carbocycles. The van der Waals surface area contributed by atoms with Crippen molar-refractivity contribution in [3.05, 3.63) is 102 Å². The Labute approximate surface area is 216 Å². The van der Waals surface area contributed by atoms with E-state index < -0.39 is 0 Å². The monoisotopic (exact) mass is 496 g/mol. The molecule has 0 bridgehead atoms. The maximum atomic E-state index is 12.3. The maximum Gasteiger partial charge on any atom is 0.226 e. The van der Waals surface area contributed by atoms with Crippen molar-refractivity contribution in [2.24, 2.45) is 5.92 Å². The van der Waals surface area contributed by atoms with Gasteiger partial charge in [0.1, 0.15) is 11.9 Å². The number of nitrogens with zero attached hydrogens (tertiary/aromatic N) is 4. The Morgan fingerprint density at radius 3 is 2.47 bits per heavy atom. The quantitative estimate of drug-likeness (QED) is 0.351. The minimum atomic E-state index is -0.181. The number of benzene rings is 1. The van der Waals surface area contributed by atoms with Gasteiger partial charge in [-0.05, 0) is 79.3 Å². The largest absolute Gasteiger partial charge is 0.351 e. The zero-order valence-corrected chi connectivity index (χ0v) is 21.2. The summed E-state index contributed by atoms with van der Waals surface area (Å²) in [4.78, 5) is 23.6. The number of rotatable bonds is 6. The van der Waals surface area contributed by atoms with Crippen LogP contribution in [-0.2, 0) is 4.79 Å². The molecule has 36 heavy (non-hydrogen) atoms. The number of carbonyl (C=O) groups excluding carboxylic acids is 1. The lowest BCUT2D eigenvalue weighted by atomic mass is 10.0. The molecule has 0 radical (unpaired) electrons. The SMILES string of the molecule is Cc1cc(N2C(=S)N[C@@H](c3ccccn3)[C@H]2c2cccn2-c2ccccn2)ccc1NC(=O)C(C)C. The molecule has 1 aliphatic heterocycles. The summed E-state index contributed by atoms with van der Waals surface area (Å²) < 4.78 is 2.09. The van der Waals surface area contributed by atoms with Crippen LogP contribution in [0, 0.1) is 12.8 Å². The summed E-state index contributed by atoms with van der Waals surface area (Å²) in [5.74, 6) is 0.728. The Balaban J connectivity index is 1.59. The lowest BCUT2D eigenvalue weighted by Gasteiger charge is -2.29. The molecule has 3 aromatic heterocycles. The van der Waals surface area contributed by atoms with Gasteiger partial charge in [0.05, 0.1) is 11.7 Å². The molecule has 0 spiro atoms. The van der Waals surface area contributed by atoms with Gasteiger partial charge in [-0.2, -0.15) is 0 Å². The summed E-state index contributed by atoms with van der Waals surface area (Å²) >= 11 is 5.88.